The van der Waals surface area contributed by atoms with E-state index in [0.29, 0.717) is 12.0 Å². The number of unbranched alkanes of at least 4 members (excludes halogenated alkanes) is 1. The number of aliphatic carboxylic acids is 2. The molecule has 1 aromatic rings. The molecule has 3 N–H and O–H groups in total. The van der Waals surface area contributed by atoms with Gasteiger partial charge in [0.25, 0.3) is 0 Å². The van der Waals surface area contributed by atoms with Crippen LogP contribution in [0.25, 0.3) is 0 Å². The Kier molecular flexibility index (Phi) is 8.26. The second kappa shape index (κ2) is 9.68. The quantitative estimate of drug-likeness (QED) is 0.509. The van der Waals surface area contributed by atoms with E-state index >= 15 is 0 Å². The summed E-state index contributed by atoms with van der Waals surface area (Å²) >= 11 is 0. The maximum atomic E-state index is 13.0. The number of carboxylic acids is 2. The van der Waals surface area contributed by atoms with Gasteiger partial charge in [-0.05, 0) is 30.5 Å². The molecule has 6 nitrogen and oxygen atoms in total. The normalized spacial score (nSPS) is 16.0. The molecule has 0 aliphatic carbocycles. The van der Waals surface area contributed by atoms with Crippen LogP contribution in [0.5, 0.6) is 0 Å². The Morgan fingerprint density at radius 3 is 2.24 bits per heavy atom. The first kappa shape index (κ1) is 21.3. The van der Waals surface area contributed by atoms with E-state index in [1.165, 1.54) is 24.3 Å². The molecule has 0 amide bonds. The molecular formula is C17H24FO6P. The first-order valence-corrected chi connectivity index (χ1v) is 10.1. The number of carbonyl (C=O) groups is 2. The second-order valence-electron chi connectivity index (χ2n) is 6.13. The minimum atomic E-state index is -3.94. The van der Waals surface area contributed by atoms with Crippen LogP contribution in [-0.4, -0.2) is 32.7 Å². The Hall–Kier alpha value is -1.72. The lowest BCUT2D eigenvalue weighted by Crippen LogP contribution is -2.29. The molecule has 0 radical (unpaired) electrons. The maximum absolute atomic E-state index is 13.0. The van der Waals surface area contributed by atoms with Gasteiger partial charge in [-0.1, -0.05) is 31.9 Å². The second-order valence-corrected chi connectivity index (χ2v) is 8.62. The largest absolute Gasteiger partial charge is 0.481 e. The number of halogens is 1. The molecule has 8 heteroatoms. The highest BCUT2D eigenvalue weighted by molar-refractivity contribution is 7.58. The van der Waals surface area contributed by atoms with E-state index in [0.717, 1.165) is 6.42 Å². The molecule has 0 saturated carbocycles. The molecule has 0 aliphatic heterocycles. The van der Waals surface area contributed by atoms with Gasteiger partial charge in [0.2, 0.25) is 7.37 Å². The summed E-state index contributed by atoms with van der Waals surface area (Å²) < 4.78 is 25.9. The Bertz CT molecular complexity index is 631. The fourth-order valence-corrected chi connectivity index (χ4v) is 5.22. The van der Waals surface area contributed by atoms with Crippen molar-refractivity contribution in [2.75, 3.05) is 0 Å². The van der Waals surface area contributed by atoms with E-state index < -0.39 is 36.7 Å². The molecular weight excluding hydrogens is 350 g/mol. The number of hydrogen-bond acceptors (Lipinski definition) is 3. The summed E-state index contributed by atoms with van der Waals surface area (Å²) in [6.07, 6.45) is 0.664. The molecule has 0 spiro atoms. The predicted octanol–water partition coefficient (Wildman–Crippen LogP) is 3.72. The molecule has 0 bridgehead atoms. The van der Waals surface area contributed by atoms with Crippen molar-refractivity contribution in [3.63, 3.8) is 0 Å². The van der Waals surface area contributed by atoms with Crippen LogP contribution in [0.1, 0.15) is 44.6 Å². The van der Waals surface area contributed by atoms with Crippen molar-refractivity contribution in [2.45, 2.75) is 50.8 Å². The SMILES string of the molecule is CCCCC(C(CCC(=O)O)C(=O)O)P(=O)(O)Cc1ccc(F)cc1. The van der Waals surface area contributed by atoms with Crippen molar-refractivity contribution in [1.82, 2.24) is 0 Å². The highest BCUT2D eigenvalue weighted by Crippen LogP contribution is 2.55. The van der Waals surface area contributed by atoms with Gasteiger partial charge in [0.1, 0.15) is 5.82 Å². The third kappa shape index (κ3) is 6.96. The van der Waals surface area contributed by atoms with Crippen LogP contribution in [0.2, 0.25) is 0 Å². The Labute approximate surface area is 146 Å². The number of hydrogen-bond donors (Lipinski definition) is 3. The molecule has 3 atom stereocenters. The number of rotatable bonds is 11. The van der Waals surface area contributed by atoms with E-state index in [9.17, 15) is 28.5 Å². The molecule has 1 rings (SSSR count). The third-order valence-electron chi connectivity index (χ3n) is 4.14. The van der Waals surface area contributed by atoms with Crippen molar-refractivity contribution in [3.8, 4) is 0 Å². The fourth-order valence-electron chi connectivity index (χ4n) is 2.83. The molecule has 1 aromatic carbocycles. The van der Waals surface area contributed by atoms with Crippen LogP contribution in [0.15, 0.2) is 24.3 Å². The summed E-state index contributed by atoms with van der Waals surface area (Å²) in [7, 11) is -3.94. The fraction of sp³-hybridized carbons (Fsp3) is 0.529. The molecule has 140 valence electrons. The predicted molar refractivity (Wildman–Crippen MR) is 91.2 cm³/mol. The maximum Gasteiger partial charge on any atom is 0.307 e. The van der Waals surface area contributed by atoms with Gasteiger partial charge in [-0.2, -0.15) is 0 Å². The molecule has 25 heavy (non-hydrogen) atoms. The van der Waals surface area contributed by atoms with Crippen LogP contribution in [0.4, 0.5) is 4.39 Å². The van der Waals surface area contributed by atoms with Crippen molar-refractivity contribution in [3.05, 3.63) is 35.6 Å². The lowest BCUT2D eigenvalue weighted by molar-refractivity contribution is -0.143. The first-order valence-electron chi connectivity index (χ1n) is 8.18. The summed E-state index contributed by atoms with van der Waals surface area (Å²) in [5.41, 5.74) is -0.592. The third-order valence-corrected chi connectivity index (χ3v) is 6.62. The van der Waals surface area contributed by atoms with Gasteiger partial charge in [0.05, 0.1) is 5.92 Å². The highest BCUT2D eigenvalue weighted by Gasteiger charge is 2.40. The highest BCUT2D eigenvalue weighted by atomic mass is 31.2. The standard InChI is InChI=1S/C17H24FO6P/c1-2-3-4-15(14(17(21)22)9-10-16(19)20)25(23,24)11-12-5-7-13(18)8-6-12/h5-8,14-15H,2-4,9-11H2,1H3,(H,19,20)(H,21,22)(H,23,24). The summed E-state index contributed by atoms with van der Waals surface area (Å²) in [6, 6.07) is 5.13. The Morgan fingerprint density at radius 2 is 1.76 bits per heavy atom. The lowest BCUT2D eigenvalue weighted by atomic mass is 9.95. The van der Waals surface area contributed by atoms with Gasteiger partial charge < -0.3 is 15.1 Å². The average Bonchev–Trinajstić information content (AvgIpc) is 2.51. The smallest absolute Gasteiger partial charge is 0.307 e. The van der Waals surface area contributed by atoms with E-state index in [2.05, 4.69) is 0 Å². The molecule has 0 fully saturated rings. The topological polar surface area (TPSA) is 112 Å². The van der Waals surface area contributed by atoms with Crippen molar-refractivity contribution < 1.29 is 33.7 Å². The zero-order chi connectivity index (χ0) is 19.0. The van der Waals surface area contributed by atoms with Crippen LogP contribution < -0.4 is 0 Å². The minimum absolute atomic E-state index is 0.201. The van der Waals surface area contributed by atoms with E-state index in [1.54, 1.807) is 0 Å². The van der Waals surface area contributed by atoms with Crippen LogP contribution in [-0.2, 0) is 20.3 Å². The zero-order valence-electron chi connectivity index (χ0n) is 14.1. The van der Waals surface area contributed by atoms with E-state index in [1.807, 2.05) is 6.92 Å². The van der Waals surface area contributed by atoms with Crippen LogP contribution in [0.3, 0.4) is 0 Å². The molecule has 0 saturated heterocycles. The average molecular weight is 374 g/mol. The van der Waals surface area contributed by atoms with Gasteiger partial charge in [-0.3, -0.25) is 14.2 Å². The summed E-state index contributed by atoms with van der Waals surface area (Å²) in [5.74, 6) is -4.09. The number of carboxylic acid groups (broad SMARTS) is 2. The van der Waals surface area contributed by atoms with Crippen molar-refractivity contribution >= 4 is 19.3 Å². The summed E-state index contributed by atoms with van der Waals surface area (Å²) in [4.78, 5) is 32.9. The Morgan fingerprint density at radius 1 is 1.16 bits per heavy atom. The first-order chi connectivity index (χ1) is 11.7. The molecule has 0 heterocycles. The Balaban J connectivity index is 3.06. The minimum Gasteiger partial charge on any atom is -0.481 e. The van der Waals surface area contributed by atoms with E-state index in [4.69, 9.17) is 5.11 Å². The van der Waals surface area contributed by atoms with Crippen molar-refractivity contribution in [1.29, 1.82) is 0 Å². The van der Waals surface area contributed by atoms with Gasteiger partial charge >= 0.3 is 11.9 Å². The van der Waals surface area contributed by atoms with Crippen LogP contribution in [0, 0.1) is 11.7 Å². The monoisotopic (exact) mass is 374 g/mol. The summed E-state index contributed by atoms with van der Waals surface area (Å²) in [6.45, 7) is 1.88. The van der Waals surface area contributed by atoms with Crippen molar-refractivity contribution in [2.24, 2.45) is 5.92 Å². The van der Waals surface area contributed by atoms with Gasteiger partial charge in [0.15, 0.2) is 0 Å². The van der Waals surface area contributed by atoms with Gasteiger partial charge in [-0.15, -0.1) is 0 Å². The summed E-state index contributed by atoms with van der Waals surface area (Å²) in [5, 5.41) is 18.3. The molecule has 0 aliphatic rings. The zero-order valence-corrected chi connectivity index (χ0v) is 15.0. The number of benzene rings is 1. The van der Waals surface area contributed by atoms with Gasteiger partial charge in [-0.25, -0.2) is 4.39 Å². The van der Waals surface area contributed by atoms with Crippen LogP contribution >= 0.6 is 7.37 Å². The van der Waals surface area contributed by atoms with Gasteiger partial charge in [0, 0.05) is 18.2 Å². The molecule has 0 aromatic heterocycles. The molecule has 3 unspecified atom stereocenters. The van der Waals surface area contributed by atoms with E-state index in [-0.39, 0.29) is 25.4 Å². The lowest BCUT2D eigenvalue weighted by Gasteiger charge is -2.28.